The zero-order valence-corrected chi connectivity index (χ0v) is 10.5. The van der Waals surface area contributed by atoms with Gasteiger partial charge in [-0.25, -0.2) is 0 Å². The summed E-state index contributed by atoms with van der Waals surface area (Å²) in [7, 11) is 0. The molecule has 18 heavy (non-hydrogen) atoms. The van der Waals surface area contributed by atoms with E-state index in [0.717, 1.165) is 16.7 Å². The van der Waals surface area contributed by atoms with Crippen molar-refractivity contribution in [3.8, 4) is 11.1 Å². The Balaban J connectivity index is 2.20. The molecule has 0 unspecified atom stereocenters. The van der Waals surface area contributed by atoms with Crippen LogP contribution in [0.25, 0.3) is 11.1 Å². The van der Waals surface area contributed by atoms with Gasteiger partial charge < -0.3 is 0 Å². The van der Waals surface area contributed by atoms with Gasteiger partial charge in [-0.3, -0.25) is 0 Å². The number of halogens is 3. The van der Waals surface area contributed by atoms with Crippen molar-refractivity contribution in [1.82, 2.24) is 0 Å². The average Bonchev–Trinajstić information content (AvgIpc) is 2.29. The van der Waals surface area contributed by atoms with E-state index < -0.39 is 5.51 Å². The Morgan fingerprint density at radius 2 is 1.22 bits per heavy atom. The van der Waals surface area contributed by atoms with Crippen molar-refractivity contribution >= 4 is 11.8 Å². The Hall–Kier alpha value is -1.42. The smallest absolute Gasteiger partial charge is 0.160 e. The molecule has 94 valence electrons. The standard InChI is InChI=1S/C14H11F3S/c1-10-2-4-11(5-3-10)12-6-8-13(9-7-12)18-14(15,16)17/h2-9H,1H3. The molecule has 0 nitrogen and oxygen atoms in total. The van der Waals surface area contributed by atoms with E-state index in [1.807, 2.05) is 31.2 Å². The van der Waals surface area contributed by atoms with Crippen LogP contribution in [-0.2, 0) is 0 Å². The first kappa shape index (κ1) is 13.0. The van der Waals surface area contributed by atoms with Crippen molar-refractivity contribution in [2.45, 2.75) is 17.3 Å². The lowest BCUT2D eigenvalue weighted by molar-refractivity contribution is -0.0328. The highest BCUT2D eigenvalue weighted by atomic mass is 32.2. The van der Waals surface area contributed by atoms with Gasteiger partial charge in [0.25, 0.3) is 0 Å². The summed E-state index contributed by atoms with van der Waals surface area (Å²) in [6.07, 6.45) is 0. The topological polar surface area (TPSA) is 0 Å². The minimum atomic E-state index is -4.23. The van der Waals surface area contributed by atoms with Crippen molar-refractivity contribution in [3.63, 3.8) is 0 Å². The Morgan fingerprint density at radius 3 is 1.67 bits per heavy atom. The first-order chi connectivity index (χ1) is 8.44. The van der Waals surface area contributed by atoms with Gasteiger partial charge in [0.15, 0.2) is 0 Å². The highest BCUT2D eigenvalue weighted by molar-refractivity contribution is 8.00. The molecule has 2 aromatic carbocycles. The van der Waals surface area contributed by atoms with Crippen LogP contribution in [0.3, 0.4) is 0 Å². The number of benzene rings is 2. The SMILES string of the molecule is Cc1ccc(-c2ccc(SC(F)(F)F)cc2)cc1. The zero-order valence-electron chi connectivity index (χ0n) is 9.66. The molecular formula is C14H11F3S. The molecule has 0 bridgehead atoms. The van der Waals surface area contributed by atoms with Gasteiger partial charge in [0, 0.05) is 4.90 Å². The van der Waals surface area contributed by atoms with Gasteiger partial charge in [-0.05, 0) is 41.9 Å². The van der Waals surface area contributed by atoms with Crippen molar-refractivity contribution in [3.05, 3.63) is 54.1 Å². The fraction of sp³-hybridized carbons (Fsp3) is 0.143. The van der Waals surface area contributed by atoms with Crippen LogP contribution in [0.15, 0.2) is 53.4 Å². The highest BCUT2D eigenvalue weighted by Crippen LogP contribution is 2.37. The maximum absolute atomic E-state index is 12.2. The van der Waals surface area contributed by atoms with Gasteiger partial charge in [-0.15, -0.1) is 0 Å². The van der Waals surface area contributed by atoms with Crippen LogP contribution in [0.2, 0.25) is 0 Å². The summed E-state index contributed by atoms with van der Waals surface area (Å²) in [6.45, 7) is 1.99. The van der Waals surface area contributed by atoms with Crippen LogP contribution >= 0.6 is 11.8 Å². The van der Waals surface area contributed by atoms with E-state index in [9.17, 15) is 13.2 Å². The first-order valence-electron chi connectivity index (χ1n) is 5.37. The van der Waals surface area contributed by atoms with E-state index in [1.165, 1.54) is 12.1 Å². The largest absolute Gasteiger partial charge is 0.446 e. The number of thioether (sulfide) groups is 1. The van der Waals surface area contributed by atoms with Crippen molar-refractivity contribution in [1.29, 1.82) is 0 Å². The monoisotopic (exact) mass is 268 g/mol. The van der Waals surface area contributed by atoms with Gasteiger partial charge in [-0.2, -0.15) is 13.2 Å². The molecule has 2 aromatic rings. The third-order valence-electron chi connectivity index (χ3n) is 2.47. The molecule has 0 spiro atoms. The van der Waals surface area contributed by atoms with E-state index in [4.69, 9.17) is 0 Å². The van der Waals surface area contributed by atoms with Gasteiger partial charge in [0.1, 0.15) is 0 Å². The normalized spacial score (nSPS) is 11.6. The van der Waals surface area contributed by atoms with E-state index in [0.29, 0.717) is 0 Å². The van der Waals surface area contributed by atoms with Gasteiger partial charge in [0.2, 0.25) is 0 Å². The molecule has 0 N–H and O–H groups in total. The van der Waals surface area contributed by atoms with Gasteiger partial charge in [-0.1, -0.05) is 42.0 Å². The summed E-state index contributed by atoms with van der Waals surface area (Å²) in [5, 5.41) is 0. The molecule has 0 aromatic heterocycles. The molecule has 0 saturated heterocycles. The number of aryl methyl sites for hydroxylation is 1. The molecule has 0 saturated carbocycles. The van der Waals surface area contributed by atoms with E-state index in [-0.39, 0.29) is 16.7 Å². The Bertz CT molecular complexity index is 512. The fourth-order valence-electron chi connectivity index (χ4n) is 1.60. The van der Waals surface area contributed by atoms with Crippen LogP contribution in [0.5, 0.6) is 0 Å². The molecule has 0 aliphatic carbocycles. The second-order valence-electron chi connectivity index (χ2n) is 3.94. The van der Waals surface area contributed by atoms with Crippen LogP contribution in [-0.4, -0.2) is 5.51 Å². The van der Waals surface area contributed by atoms with Crippen molar-refractivity contribution in [2.75, 3.05) is 0 Å². The number of alkyl halides is 3. The maximum Gasteiger partial charge on any atom is 0.446 e. The second-order valence-corrected chi connectivity index (χ2v) is 5.08. The Kier molecular flexibility index (Phi) is 3.66. The summed E-state index contributed by atoms with van der Waals surface area (Å²) in [5.74, 6) is 0. The van der Waals surface area contributed by atoms with Crippen LogP contribution in [0, 0.1) is 6.92 Å². The summed E-state index contributed by atoms with van der Waals surface area (Å²) in [6, 6.07) is 14.3. The molecule has 0 atom stereocenters. The molecule has 0 aliphatic rings. The Morgan fingerprint density at radius 1 is 0.778 bits per heavy atom. The molecular weight excluding hydrogens is 257 g/mol. The van der Waals surface area contributed by atoms with Crippen LogP contribution in [0.1, 0.15) is 5.56 Å². The first-order valence-corrected chi connectivity index (χ1v) is 6.18. The lowest BCUT2D eigenvalue weighted by Crippen LogP contribution is -1.98. The maximum atomic E-state index is 12.2. The minimum Gasteiger partial charge on any atom is -0.160 e. The van der Waals surface area contributed by atoms with E-state index >= 15 is 0 Å². The van der Waals surface area contributed by atoms with Gasteiger partial charge in [0.05, 0.1) is 0 Å². The van der Waals surface area contributed by atoms with Crippen LogP contribution in [0.4, 0.5) is 13.2 Å². The average molecular weight is 268 g/mol. The lowest BCUT2D eigenvalue weighted by atomic mass is 10.0. The summed E-state index contributed by atoms with van der Waals surface area (Å²) in [4.78, 5) is 0.207. The molecule has 0 radical (unpaired) electrons. The Labute approximate surface area is 108 Å². The molecule has 0 amide bonds. The van der Waals surface area contributed by atoms with Crippen molar-refractivity contribution in [2.24, 2.45) is 0 Å². The summed E-state index contributed by atoms with van der Waals surface area (Å²) < 4.78 is 36.5. The summed E-state index contributed by atoms with van der Waals surface area (Å²) >= 11 is -0.0929. The second kappa shape index (κ2) is 5.06. The predicted octanol–water partition coefficient (Wildman–Crippen LogP) is 5.27. The number of rotatable bonds is 2. The predicted molar refractivity (Wildman–Crippen MR) is 68.5 cm³/mol. The zero-order chi connectivity index (χ0) is 13.2. The van der Waals surface area contributed by atoms with Crippen molar-refractivity contribution < 1.29 is 13.2 Å². The third kappa shape index (κ3) is 3.53. The highest BCUT2D eigenvalue weighted by Gasteiger charge is 2.28. The molecule has 0 heterocycles. The lowest BCUT2D eigenvalue weighted by Gasteiger charge is -2.07. The van der Waals surface area contributed by atoms with Gasteiger partial charge >= 0.3 is 5.51 Å². The molecule has 0 aliphatic heterocycles. The number of hydrogen-bond acceptors (Lipinski definition) is 1. The van der Waals surface area contributed by atoms with E-state index in [2.05, 4.69) is 0 Å². The quantitative estimate of drug-likeness (QED) is 0.668. The van der Waals surface area contributed by atoms with E-state index in [1.54, 1.807) is 12.1 Å². The number of hydrogen-bond donors (Lipinski definition) is 0. The fourth-order valence-corrected chi connectivity index (χ4v) is 2.13. The summed E-state index contributed by atoms with van der Waals surface area (Å²) in [5.41, 5.74) is -1.15. The molecule has 4 heteroatoms. The third-order valence-corrected chi connectivity index (χ3v) is 3.21. The minimum absolute atomic E-state index is 0.0929. The molecule has 0 fully saturated rings. The van der Waals surface area contributed by atoms with Crippen LogP contribution < -0.4 is 0 Å². The molecule has 2 rings (SSSR count).